The molecular formula is BrCl2Ru. The van der Waals surface area contributed by atoms with E-state index in [1.54, 1.807) is 0 Å². The molecule has 0 nitrogen and oxygen atoms in total. The van der Waals surface area contributed by atoms with Crippen molar-refractivity contribution in [2.75, 3.05) is 0 Å². The average Bonchev–Trinajstić information content (AvgIpc) is 0.811. The summed E-state index contributed by atoms with van der Waals surface area (Å²) in [5, 5.41) is 0. The quantitative estimate of drug-likeness (QED) is 0.580. The minimum atomic E-state index is -1.41. The summed E-state index contributed by atoms with van der Waals surface area (Å²) in [5.74, 6) is 0. The molecule has 0 amide bonds. The second-order valence-corrected chi connectivity index (χ2v) is 12.0. The molecule has 0 rings (SSSR count). The number of hydrogen-bond acceptors (Lipinski definition) is 0. The molecule has 0 bridgehead atoms. The monoisotopic (exact) mass is 251 g/mol. The second-order valence-electron chi connectivity index (χ2n) is 0.152. The normalized spacial score (nSPS) is 11.2. The van der Waals surface area contributed by atoms with E-state index >= 15 is 0 Å². The molecule has 0 radical (unpaired) electrons. The van der Waals surface area contributed by atoms with Gasteiger partial charge >= 0.3 is 45.0 Å². The molecule has 0 saturated carbocycles. The van der Waals surface area contributed by atoms with Crippen LogP contribution in [-0.4, -0.2) is 0 Å². The Balaban J connectivity index is 2.32. The Hall–Kier alpha value is 1.68. The molecule has 0 aromatic carbocycles. The van der Waals surface area contributed by atoms with Crippen molar-refractivity contribution in [3.8, 4) is 0 Å². The molecule has 29 valence electrons. The van der Waals surface area contributed by atoms with Crippen LogP contribution in [0.2, 0.25) is 0 Å². The summed E-state index contributed by atoms with van der Waals surface area (Å²) in [5.41, 5.74) is 0. The fourth-order valence-electron chi connectivity index (χ4n) is 0. The molecule has 4 heavy (non-hydrogen) atoms. The third kappa shape index (κ3) is 9.36. The summed E-state index contributed by atoms with van der Waals surface area (Å²) in [6, 6.07) is 0. The van der Waals surface area contributed by atoms with E-state index in [9.17, 15) is 0 Å². The maximum atomic E-state index is 5.10. The molecule has 0 aliphatic carbocycles. The fraction of sp³-hybridized carbons (Fsp3) is 0. The zero-order valence-corrected chi connectivity index (χ0v) is 6.32. The van der Waals surface area contributed by atoms with Crippen LogP contribution in [0.15, 0.2) is 0 Å². The van der Waals surface area contributed by atoms with E-state index in [4.69, 9.17) is 19.4 Å². The topological polar surface area (TPSA) is 0 Å². The van der Waals surface area contributed by atoms with Crippen LogP contribution in [0.1, 0.15) is 0 Å². The van der Waals surface area contributed by atoms with Crippen LogP contribution in [0.4, 0.5) is 0 Å². The van der Waals surface area contributed by atoms with Crippen molar-refractivity contribution in [2.24, 2.45) is 0 Å². The third-order valence-electron chi connectivity index (χ3n) is 0. The average molecular weight is 252 g/mol. The van der Waals surface area contributed by atoms with Crippen LogP contribution in [0.3, 0.4) is 0 Å². The first-order valence-electron chi connectivity index (χ1n) is 0.401. The first-order chi connectivity index (χ1) is 1.73. The van der Waals surface area contributed by atoms with E-state index in [0.29, 0.717) is 0 Å². The zero-order valence-electron chi connectivity index (χ0n) is 1.49. The van der Waals surface area contributed by atoms with Gasteiger partial charge in [0.25, 0.3) is 0 Å². The van der Waals surface area contributed by atoms with E-state index in [0.717, 1.165) is 0 Å². The van der Waals surface area contributed by atoms with Gasteiger partial charge in [0.05, 0.1) is 0 Å². The van der Waals surface area contributed by atoms with Gasteiger partial charge in [-0.25, -0.2) is 0 Å². The second kappa shape index (κ2) is 2.90. The van der Waals surface area contributed by atoms with Crippen LogP contribution >= 0.6 is 33.0 Å². The van der Waals surface area contributed by atoms with Crippen molar-refractivity contribution >= 4 is 33.0 Å². The van der Waals surface area contributed by atoms with Crippen molar-refractivity contribution in [3.63, 3.8) is 0 Å². The SMILES string of the molecule is [Cl][Ru]([Cl])[Br]. The number of halogens is 3. The Bertz CT molecular complexity index is 10.8. The standard InChI is InChI=1S/BrH.2ClH.Ru/h3*1H;/q;;;+3/p-3. The Morgan fingerprint density at radius 1 is 1.50 bits per heavy atom. The zero-order chi connectivity index (χ0) is 3.58. The molecule has 0 saturated heterocycles. The summed E-state index contributed by atoms with van der Waals surface area (Å²) < 4.78 is 0. The molecule has 0 aromatic rings. The predicted molar refractivity (Wildman–Crippen MR) is 20.6 cm³/mol. The molecule has 4 heteroatoms. The molecule has 0 spiro atoms. The van der Waals surface area contributed by atoms with Crippen molar-refractivity contribution in [1.82, 2.24) is 0 Å². The first-order valence-corrected chi connectivity index (χ1v) is 8.85. The van der Waals surface area contributed by atoms with Crippen molar-refractivity contribution in [2.45, 2.75) is 0 Å². The van der Waals surface area contributed by atoms with Crippen LogP contribution in [0, 0.1) is 0 Å². The van der Waals surface area contributed by atoms with Gasteiger partial charge in [0.2, 0.25) is 0 Å². The molecule has 0 N–H and O–H groups in total. The van der Waals surface area contributed by atoms with Crippen LogP contribution in [0.5, 0.6) is 0 Å². The Morgan fingerprint density at radius 3 is 1.50 bits per heavy atom. The molecule has 0 fully saturated rings. The summed E-state index contributed by atoms with van der Waals surface area (Å²) >= 11 is 1.53. The molecule has 0 aliphatic heterocycles. The van der Waals surface area contributed by atoms with Crippen LogP contribution in [0.25, 0.3) is 0 Å². The molecule has 0 unspecified atom stereocenters. The van der Waals surface area contributed by atoms with Gasteiger partial charge in [0, 0.05) is 0 Å². The molecular weight excluding hydrogens is 252 g/mol. The Kier molecular flexibility index (Phi) is 4.12. The van der Waals surface area contributed by atoms with Crippen molar-refractivity contribution < 1.29 is 12.0 Å². The number of hydrogen-bond donors (Lipinski definition) is 0. The van der Waals surface area contributed by atoms with E-state index in [1.165, 1.54) is 0 Å². The van der Waals surface area contributed by atoms with Crippen LogP contribution in [-0.2, 0) is 12.0 Å². The van der Waals surface area contributed by atoms with E-state index in [2.05, 4.69) is 13.6 Å². The van der Waals surface area contributed by atoms with Crippen molar-refractivity contribution in [1.29, 1.82) is 0 Å². The number of rotatable bonds is 0. The van der Waals surface area contributed by atoms with E-state index in [1.807, 2.05) is 0 Å². The predicted octanol–water partition coefficient (Wildman–Crippen LogP) is 2.22. The third-order valence-corrected chi connectivity index (χ3v) is 0. The summed E-state index contributed by atoms with van der Waals surface area (Å²) in [7, 11) is 10.2. The Labute approximate surface area is 44.8 Å². The van der Waals surface area contributed by atoms with Gasteiger partial charge in [0.15, 0.2) is 0 Å². The van der Waals surface area contributed by atoms with Gasteiger partial charge in [-0.15, -0.1) is 0 Å². The van der Waals surface area contributed by atoms with Gasteiger partial charge in [-0.3, -0.25) is 0 Å². The first kappa shape index (κ1) is 5.68. The van der Waals surface area contributed by atoms with Gasteiger partial charge in [-0.1, -0.05) is 0 Å². The summed E-state index contributed by atoms with van der Waals surface area (Å²) in [4.78, 5) is 0. The van der Waals surface area contributed by atoms with Gasteiger partial charge < -0.3 is 0 Å². The van der Waals surface area contributed by atoms with E-state index < -0.39 is 12.0 Å². The van der Waals surface area contributed by atoms with Gasteiger partial charge in [-0.2, -0.15) is 0 Å². The molecule has 0 aliphatic rings. The Morgan fingerprint density at radius 2 is 1.50 bits per heavy atom. The maximum absolute atomic E-state index is 5.10. The minimum absolute atomic E-state index is 1.41. The van der Waals surface area contributed by atoms with Crippen molar-refractivity contribution in [3.05, 3.63) is 0 Å². The molecule has 0 atom stereocenters. The van der Waals surface area contributed by atoms with Gasteiger partial charge in [0.1, 0.15) is 0 Å². The fourth-order valence-corrected chi connectivity index (χ4v) is 0. The van der Waals surface area contributed by atoms with E-state index in [-0.39, 0.29) is 0 Å². The summed E-state index contributed by atoms with van der Waals surface area (Å²) in [6.45, 7) is 0. The van der Waals surface area contributed by atoms with Crippen LogP contribution < -0.4 is 0 Å². The molecule has 0 aromatic heterocycles. The van der Waals surface area contributed by atoms with Gasteiger partial charge in [-0.05, 0) is 0 Å². The molecule has 0 heterocycles. The summed E-state index contributed by atoms with van der Waals surface area (Å²) in [6.07, 6.45) is 0.